The summed E-state index contributed by atoms with van der Waals surface area (Å²) in [5.41, 5.74) is 1.51. The second kappa shape index (κ2) is 7.05. The van der Waals surface area contributed by atoms with Crippen LogP contribution in [-0.2, 0) is 17.9 Å². The van der Waals surface area contributed by atoms with E-state index in [-0.39, 0.29) is 5.91 Å². The van der Waals surface area contributed by atoms with E-state index in [9.17, 15) is 4.79 Å². The molecule has 2 heterocycles. The van der Waals surface area contributed by atoms with Gasteiger partial charge in [-0.15, -0.1) is 10.2 Å². The van der Waals surface area contributed by atoms with E-state index < -0.39 is 0 Å². The highest BCUT2D eigenvalue weighted by atomic mass is 16.2. The fraction of sp³-hybridized carbons (Fsp3) is 0.722. The number of amides is 1. The molecule has 1 aromatic rings. The van der Waals surface area contributed by atoms with Crippen LogP contribution in [0.4, 0.5) is 0 Å². The molecule has 1 aromatic heterocycles. The summed E-state index contributed by atoms with van der Waals surface area (Å²) < 4.78 is 2.27. The minimum atomic E-state index is 0.127. The molecule has 0 aromatic carbocycles. The molecule has 0 radical (unpaired) electrons. The highest BCUT2D eigenvalue weighted by molar-refractivity contribution is 5.78. The van der Waals surface area contributed by atoms with Crippen molar-refractivity contribution >= 4 is 5.91 Å². The third-order valence-corrected chi connectivity index (χ3v) is 5.32. The predicted octanol–water partition coefficient (Wildman–Crippen LogP) is 1.98. The maximum Gasteiger partial charge on any atom is 0.234 e. The molecule has 1 aliphatic heterocycles. The van der Waals surface area contributed by atoms with Crippen LogP contribution in [0, 0.1) is 0 Å². The highest BCUT2D eigenvalue weighted by Crippen LogP contribution is 2.39. The smallest absolute Gasteiger partial charge is 0.234 e. The number of hydrogen-bond acceptors (Lipinski definition) is 4. The molecule has 2 aliphatic carbocycles. The van der Waals surface area contributed by atoms with Gasteiger partial charge in [-0.2, -0.15) is 0 Å². The van der Waals surface area contributed by atoms with Gasteiger partial charge < -0.3 is 9.88 Å². The molecule has 0 spiro atoms. The Morgan fingerprint density at radius 1 is 1.25 bits per heavy atom. The molecule has 24 heavy (non-hydrogen) atoms. The summed E-state index contributed by atoms with van der Waals surface area (Å²) in [4.78, 5) is 14.3. The van der Waals surface area contributed by atoms with Crippen LogP contribution in [0.5, 0.6) is 0 Å². The third-order valence-electron chi connectivity index (χ3n) is 5.32. The SMILES string of the molecule is O=C(CN1CCn2c(nnc2C2CC2)C1)NCCC1=CCCCC1. The van der Waals surface area contributed by atoms with Gasteiger partial charge in [-0.3, -0.25) is 9.69 Å². The zero-order valence-electron chi connectivity index (χ0n) is 14.3. The normalized spacial score (nSPS) is 21.2. The lowest BCUT2D eigenvalue weighted by Gasteiger charge is -2.27. The van der Waals surface area contributed by atoms with Gasteiger partial charge in [0.25, 0.3) is 0 Å². The number of rotatable bonds is 6. The quantitative estimate of drug-likeness (QED) is 0.811. The topological polar surface area (TPSA) is 63.1 Å². The minimum Gasteiger partial charge on any atom is -0.355 e. The van der Waals surface area contributed by atoms with E-state index in [1.807, 2.05) is 0 Å². The molecule has 1 fully saturated rings. The first-order valence-corrected chi connectivity index (χ1v) is 9.38. The predicted molar refractivity (Wildman–Crippen MR) is 91.5 cm³/mol. The summed E-state index contributed by atoms with van der Waals surface area (Å²) in [6, 6.07) is 0. The number of nitrogens with zero attached hydrogens (tertiary/aromatic N) is 4. The molecule has 1 N–H and O–H groups in total. The molecule has 130 valence electrons. The van der Waals surface area contributed by atoms with Crippen LogP contribution in [0.25, 0.3) is 0 Å². The summed E-state index contributed by atoms with van der Waals surface area (Å²) in [6.07, 6.45) is 10.9. The number of carbonyl (C=O) groups is 1. The molecule has 4 rings (SSSR count). The van der Waals surface area contributed by atoms with Gasteiger partial charge in [0.05, 0.1) is 13.1 Å². The monoisotopic (exact) mass is 329 g/mol. The first kappa shape index (κ1) is 15.8. The van der Waals surface area contributed by atoms with E-state index in [1.54, 1.807) is 0 Å². The van der Waals surface area contributed by atoms with Crippen LogP contribution >= 0.6 is 0 Å². The van der Waals surface area contributed by atoms with Gasteiger partial charge in [-0.05, 0) is 44.9 Å². The molecule has 6 nitrogen and oxygen atoms in total. The lowest BCUT2D eigenvalue weighted by molar-refractivity contribution is -0.122. The molecular weight excluding hydrogens is 302 g/mol. The molecule has 3 aliphatic rings. The number of nitrogens with one attached hydrogen (secondary N) is 1. The molecule has 6 heteroatoms. The lowest BCUT2D eigenvalue weighted by Crippen LogP contribution is -2.41. The van der Waals surface area contributed by atoms with Crippen molar-refractivity contribution < 1.29 is 4.79 Å². The first-order chi connectivity index (χ1) is 11.8. The van der Waals surface area contributed by atoms with Crippen molar-refractivity contribution in [2.75, 3.05) is 19.6 Å². The largest absolute Gasteiger partial charge is 0.355 e. The zero-order valence-corrected chi connectivity index (χ0v) is 14.3. The van der Waals surface area contributed by atoms with Crippen molar-refractivity contribution in [2.45, 2.75) is 64.0 Å². The van der Waals surface area contributed by atoms with Crippen molar-refractivity contribution in [1.29, 1.82) is 0 Å². The van der Waals surface area contributed by atoms with E-state index >= 15 is 0 Å². The van der Waals surface area contributed by atoms with E-state index in [0.717, 1.165) is 44.2 Å². The van der Waals surface area contributed by atoms with Crippen LogP contribution in [0.1, 0.15) is 62.5 Å². The summed E-state index contributed by atoms with van der Waals surface area (Å²) in [5, 5.41) is 11.8. The number of fused-ring (bicyclic) bond motifs is 1. The van der Waals surface area contributed by atoms with Gasteiger partial charge in [0.2, 0.25) is 5.91 Å². The van der Waals surface area contributed by atoms with Gasteiger partial charge >= 0.3 is 0 Å². The van der Waals surface area contributed by atoms with E-state index in [0.29, 0.717) is 12.5 Å². The van der Waals surface area contributed by atoms with Crippen molar-refractivity contribution in [3.05, 3.63) is 23.3 Å². The second-order valence-corrected chi connectivity index (χ2v) is 7.32. The average molecular weight is 329 g/mol. The van der Waals surface area contributed by atoms with Crippen molar-refractivity contribution in [3.8, 4) is 0 Å². The van der Waals surface area contributed by atoms with E-state index in [1.165, 1.54) is 44.1 Å². The summed E-state index contributed by atoms with van der Waals surface area (Å²) in [5.74, 6) is 2.94. The van der Waals surface area contributed by atoms with E-state index in [2.05, 4.69) is 31.1 Å². The van der Waals surface area contributed by atoms with Crippen LogP contribution < -0.4 is 5.32 Å². The fourth-order valence-electron chi connectivity index (χ4n) is 3.76. The molecule has 1 amide bonds. The Kier molecular flexibility index (Phi) is 4.65. The van der Waals surface area contributed by atoms with Crippen LogP contribution in [0.3, 0.4) is 0 Å². The lowest BCUT2D eigenvalue weighted by atomic mass is 9.97. The maximum atomic E-state index is 12.2. The number of hydrogen-bond donors (Lipinski definition) is 1. The van der Waals surface area contributed by atoms with Crippen LogP contribution in [-0.4, -0.2) is 45.2 Å². The minimum absolute atomic E-state index is 0.127. The Morgan fingerprint density at radius 2 is 2.17 bits per heavy atom. The number of allylic oxidation sites excluding steroid dienone is 1. The molecule has 0 unspecified atom stereocenters. The number of carbonyl (C=O) groups excluding carboxylic acids is 1. The highest BCUT2D eigenvalue weighted by Gasteiger charge is 2.32. The Bertz CT molecular complexity index is 631. The summed E-state index contributed by atoms with van der Waals surface area (Å²) in [7, 11) is 0. The Hall–Kier alpha value is -1.69. The zero-order chi connectivity index (χ0) is 16.4. The summed E-state index contributed by atoms with van der Waals surface area (Å²) in [6.45, 7) is 3.78. The fourth-order valence-corrected chi connectivity index (χ4v) is 3.76. The molecule has 0 bridgehead atoms. The Labute approximate surface area is 143 Å². The van der Waals surface area contributed by atoms with Gasteiger partial charge in [-0.1, -0.05) is 11.6 Å². The van der Waals surface area contributed by atoms with Gasteiger partial charge in [0, 0.05) is 25.6 Å². The molecular formula is C18H27N5O. The van der Waals surface area contributed by atoms with Crippen molar-refractivity contribution in [2.24, 2.45) is 0 Å². The summed E-state index contributed by atoms with van der Waals surface area (Å²) >= 11 is 0. The number of aromatic nitrogens is 3. The Morgan fingerprint density at radius 3 is 2.96 bits per heavy atom. The van der Waals surface area contributed by atoms with Crippen LogP contribution in [0.2, 0.25) is 0 Å². The second-order valence-electron chi connectivity index (χ2n) is 7.32. The molecule has 0 saturated heterocycles. The van der Waals surface area contributed by atoms with Crippen molar-refractivity contribution in [1.82, 2.24) is 25.0 Å². The van der Waals surface area contributed by atoms with Gasteiger partial charge in [0.1, 0.15) is 11.6 Å². The van der Waals surface area contributed by atoms with Gasteiger partial charge in [-0.25, -0.2) is 0 Å². The van der Waals surface area contributed by atoms with Crippen LogP contribution in [0.15, 0.2) is 11.6 Å². The third kappa shape index (κ3) is 3.69. The molecule has 1 saturated carbocycles. The van der Waals surface area contributed by atoms with Gasteiger partial charge in [0.15, 0.2) is 0 Å². The Balaban J connectivity index is 1.22. The first-order valence-electron chi connectivity index (χ1n) is 9.38. The van der Waals surface area contributed by atoms with E-state index in [4.69, 9.17) is 0 Å². The van der Waals surface area contributed by atoms with Crippen molar-refractivity contribution in [3.63, 3.8) is 0 Å². The average Bonchev–Trinajstić information content (AvgIpc) is 3.35. The maximum absolute atomic E-state index is 12.2. The molecule has 0 atom stereocenters. The standard InChI is InChI=1S/C18H27N5O/c24-17(19-9-8-14-4-2-1-3-5-14)13-22-10-11-23-16(12-22)20-21-18(23)15-6-7-15/h4,15H,1-3,5-13H2,(H,19,24).